The molecule has 0 amide bonds. The monoisotopic (exact) mass is 440 g/mol. The minimum Gasteiger partial charge on any atom is -0.466 e. The molecule has 2 aromatic carbocycles. The van der Waals surface area contributed by atoms with Crippen molar-refractivity contribution in [1.29, 1.82) is 0 Å². The molecule has 0 aliphatic carbocycles. The zero-order valence-corrected chi connectivity index (χ0v) is 20.4. The molecule has 2 rings (SSSR count). The van der Waals surface area contributed by atoms with Crippen LogP contribution in [0.2, 0.25) is 5.04 Å². The van der Waals surface area contributed by atoms with Crippen LogP contribution < -0.4 is 10.4 Å². The van der Waals surface area contributed by atoms with Crippen molar-refractivity contribution in [3.05, 3.63) is 72.3 Å². The standard InChI is InChI=1S/C26H36O4Si/c1-21(14-12-13-15-22(20-27)25(28)29-5)30-31(26(2,3)4,23-16-8-6-9-17-23)24-18-10-7-11-19-24/h6-11,15-19,21,27H,12-14,20H2,1-5H3/b22-15+/t21-/m1/s1. The Kier molecular flexibility index (Phi) is 9.23. The fraction of sp³-hybridized carbons (Fsp3) is 0.423. The third kappa shape index (κ3) is 6.16. The van der Waals surface area contributed by atoms with E-state index < -0.39 is 14.3 Å². The van der Waals surface area contributed by atoms with E-state index in [2.05, 4.69) is 76.2 Å². The van der Waals surface area contributed by atoms with Gasteiger partial charge >= 0.3 is 5.97 Å². The number of esters is 1. The Hall–Kier alpha value is -2.21. The summed E-state index contributed by atoms with van der Waals surface area (Å²) in [6, 6.07) is 21.3. The van der Waals surface area contributed by atoms with Crippen molar-refractivity contribution < 1.29 is 19.1 Å². The molecule has 4 nitrogen and oxygen atoms in total. The molecular formula is C26H36O4Si. The largest absolute Gasteiger partial charge is 0.466 e. The summed E-state index contributed by atoms with van der Waals surface area (Å²) in [7, 11) is -1.23. The molecule has 0 spiro atoms. The zero-order valence-electron chi connectivity index (χ0n) is 19.4. The van der Waals surface area contributed by atoms with Gasteiger partial charge in [-0.05, 0) is 41.6 Å². The van der Waals surface area contributed by atoms with Crippen LogP contribution in [0.3, 0.4) is 0 Å². The van der Waals surface area contributed by atoms with Gasteiger partial charge < -0.3 is 14.3 Å². The molecule has 0 aromatic heterocycles. The minimum absolute atomic E-state index is 0.0513. The van der Waals surface area contributed by atoms with Gasteiger partial charge in [0.2, 0.25) is 0 Å². The van der Waals surface area contributed by atoms with Crippen molar-refractivity contribution in [3.8, 4) is 0 Å². The molecular weight excluding hydrogens is 404 g/mol. The van der Waals surface area contributed by atoms with E-state index in [1.165, 1.54) is 17.5 Å². The molecule has 0 heterocycles. The number of methoxy groups -OCH3 is 1. The van der Waals surface area contributed by atoms with Gasteiger partial charge in [0.1, 0.15) is 0 Å². The maximum atomic E-state index is 11.6. The molecule has 5 heteroatoms. The second-order valence-electron chi connectivity index (χ2n) is 8.90. The van der Waals surface area contributed by atoms with Crippen molar-refractivity contribution in [2.45, 2.75) is 58.1 Å². The van der Waals surface area contributed by atoms with E-state index in [0.29, 0.717) is 12.0 Å². The second-order valence-corrected chi connectivity index (χ2v) is 13.2. The number of allylic oxidation sites excluding steroid dienone is 1. The van der Waals surface area contributed by atoms with Crippen LogP contribution in [0.1, 0.15) is 47.0 Å². The molecule has 0 aliphatic heterocycles. The van der Waals surface area contributed by atoms with Gasteiger partial charge in [-0.2, -0.15) is 0 Å². The van der Waals surface area contributed by atoms with Gasteiger partial charge in [0.25, 0.3) is 8.32 Å². The van der Waals surface area contributed by atoms with Crippen molar-refractivity contribution in [1.82, 2.24) is 0 Å². The third-order valence-corrected chi connectivity index (χ3v) is 10.8. The second kappa shape index (κ2) is 11.4. The topological polar surface area (TPSA) is 55.8 Å². The van der Waals surface area contributed by atoms with Crippen LogP contribution in [0, 0.1) is 0 Å². The zero-order chi connectivity index (χ0) is 22.9. The van der Waals surface area contributed by atoms with Crippen LogP contribution in [-0.4, -0.2) is 39.2 Å². The highest BCUT2D eigenvalue weighted by Crippen LogP contribution is 2.37. The summed E-state index contributed by atoms with van der Waals surface area (Å²) in [6.45, 7) is 8.66. The number of benzene rings is 2. The van der Waals surface area contributed by atoms with Gasteiger partial charge in [-0.1, -0.05) is 87.5 Å². The number of carbonyl (C=O) groups is 1. The molecule has 168 valence electrons. The average Bonchev–Trinajstić information content (AvgIpc) is 2.77. The Morgan fingerprint density at radius 3 is 1.97 bits per heavy atom. The van der Waals surface area contributed by atoms with E-state index >= 15 is 0 Å². The first kappa shape index (κ1) is 25.1. The first-order valence-electron chi connectivity index (χ1n) is 10.9. The summed E-state index contributed by atoms with van der Waals surface area (Å²) >= 11 is 0. The number of ether oxygens (including phenoxy) is 1. The molecule has 2 aromatic rings. The summed E-state index contributed by atoms with van der Waals surface area (Å²) in [5.74, 6) is -0.473. The maximum Gasteiger partial charge on any atom is 0.335 e. The van der Waals surface area contributed by atoms with Gasteiger partial charge in [0.05, 0.1) is 19.3 Å². The van der Waals surface area contributed by atoms with E-state index in [-0.39, 0.29) is 17.7 Å². The van der Waals surface area contributed by atoms with Crippen LogP contribution in [0.4, 0.5) is 0 Å². The minimum atomic E-state index is -2.55. The quantitative estimate of drug-likeness (QED) is 0.260. The predicted octanol–water partition coefficient (Wildman–Crippen LogP) is 4.21. The van der Waals surface area contributed by atoms with Crippen LogP contribution in [-0.2, 0) is 14.0 Å². The number of carbonyl (C=O) groups excluding carboxylic acids is 1. The lowest BCUT2D eigenvalue weighted by molar-refractivity contribution is -0.136. The molecule has 0 bridgehead atoms. The fourth-order valence-electron chi connectivity index (χ4n) is 4.08. The van der Waals surface area contributed by atoms with E-state index in [1.807, 2.05) is 12.1 Å². The molecule has 0 fully saturated rings. The molecule has 0 saturated heterocycles. The van der Waals surface area contributed by atoms with E-state index in [9.17, 15) is 9.90 Å². The third-order valence-electron chi connectivity index (χ3n) is 5.62. The highest BCUT2D eigenvalue weighted by atomic mass is 28.4. The van der Waals surface area contributed by atoms with E-state index in [0.717, 1.165) is 12.8 Å². The lowest BCUT2D eigenvalue weighted by atomic mass is 10.1. The smallest absolute Gasteiger partial charge is 0.335 e. The fourth-order valence-corrected chi connectivity index (χ4v) is 8.81. The Morgan fingerprint density at radius 1 is 1.03 bits per heavy atom. The van der Waals surface area contributed by atoms with Crippen LogP contribution in [0.25, 0.3) is 0 Å². The predicted molar refractivity (Wildman–Crippen MR) is 129 cm³/mol. The van der Waals surface area contributed by atoms with Gasteiger partial charge in [0.15, 0.2) is 0 Å². The summed E-state index contributed by atoms with van der Waals surface area (Å²) in [4.78, 5) is 11.6. The molecule has 0 aliphatic rings. The van der Waals surface area contributed by atoms with Crippen LogP contribution in [0.5, 0.6) is 0 Å². The summed E-state index contributed by atoms with van der Waals surface area (Å²) < 4.78 is 11.8. The first-order chi connectivity index (χ1) is 14.8. The molecule has 31 heavy (non-hydrogen) atoms. The van der Waals surface area contributed by atoms with Crippen LogP contribution >= 0.6 is 0 Å². The highest BCUT2D eigenvalue weighted by Gasteiger charge is 2.50. The molecule has 1 N–H and O–H groups in total. The molecule has 0 saturated carbocycles. The Balaban J connectivity index is 2.26. The van der Waals surface area contributed by atoms with Gasteiger partial charge in [0, 0.05) is 6.10 Å². The van der Waals surface area contributed by atoms with Crippen LogP contribution in [0.15, 0.2) is 72.3 Å². The number of aliphatic hydroxyl groups excluding tert-OH is 1. The average molecular weight is 441 g/mol. The number of hydrogen-bond donors (Lipinski definition) is 1. The van der Waals surface area contributed by atoms with Crippen molar-refractivity contribution >= 4 is 24.7 Å². The normalized spacial score (nSPS) is 13.7. The number of rotatable bonds is 10. The van der Waals surface area contributed by atoms with Gasteiger partial charge in [-0.15, -0.1) is 0 Å². The molecule has 1 atom stereocenters. The Labute approximate surface area is 188 Å². The lowest BCUT2D eigenvalue weighted by Gasteiger charge is -2.44. The van der Waals surface area contributed by atoms with Crippen molar-refractivity contribution in [2.75, 3.05) is 13.7 Å². The van der Waals surface area contributed by atoms with Crippen molar-refractivity contribution in [2.24, 2.45) is 0 Å². The van der Waals surface area contributed by atoms with Gasteiger partial charge in [-0.3, -0.25) is 0 Å². The highest BCUT2D eigenvalue weighted by molar-refractivity contribution is 6.99. The van der Waals surface area contributed by atoms with E-state index in [4.69, 9.17) is 9.16 Å². The number of unbranched alkanes of at least 4 members (excludes halogenated alkanes) is 1. The summed E-state index contributed by atoms with van der Waals surface area (Å²) in [6.07, 6.45) is 4.23. The molecule has 0 unspecified atom stereocenters. The Morgan fingerprint density at radius 2 is 1.55 bits per heavy atom. The van der Waals surface area contributed by atoms with E-state index in [1.54, 1.807) is 6.08 Å². The number of aliphatic hydroxyl groups is 1. The van der Waals surface area contributed by atoms with Crippen molar-refractivity contribution in [3.63, 3.8) is 0 Å². The Bertz CT molecular complexity index is 801. The SMILES string of the molecule is COC(=O)/C(=C/CCC[C@@H](C)O[Si](c1ccccc1)(c1ccccc1)C(C)(C)C)CO. The summed E-state index contributed by atoms with van der Waals surface area (Å²) in [5.41, 5.74) is 0.308. The maximum absolute atomic E-state index is 11.6. The number of hydrogen-bond acceptors (Lipinski definition) is 4. The first-order valence-corrected chi connectivity index (χ1v) is 12.8. The molecule has 0 radical (unpaired) electrons. The van der Waals surface area contributed by atoms with Gasteiger partial charge in [-0.25, -0.2) is 4.79 Å². The lowest BCUT2D eigenvalue weighted by Crippen LogP contribution is -2.67. The summed E-state index contributed by atoms with van der Waals surface area (Å²) in [5, 5.41) is 11.8.